The van der Waals surface area contributed by atoms with E-state index < -0.39 is 0 Å². The number of hydrogen-bond donors (Lipinski definition) is 1. The van der Waals surface area contributed by atoms with E-state index in [4.69, 9.17) is 5.41 Å². The molecule has 2 heterocycles. The van der Waals surface area contributed by atoms with Gasteiger partial charge in [-0.3, -0.25) is 15.1 Å². The number of anilines is 1. The van der Waals surface area contributed by atoms with Crippen LogP contribution in [0.4, 0.5) is 5.69 Å². The Kier molecular flexibility index (Phi) is 3.82. The van der Waals surface area contributed by atoms with Crippen LogP contribution in [0, 0.1) is 5.41 Å². The van der Waals surface area contributed by atoms with Crippen molar-refractivity contribution in [2.24, 2.45) is 0 Å². The van der Waals surface area contributed by atoms with Gasteiger partial charge < -0.3 is 4.90 Å². The van der Waals surface area contributed by atoms with Crippen LogP contribution in [0.3, 0.4) is 0 Å². The van der Waals surface area contributed by atoms with Crippen molar-refractivity contribution < 1.29 is 4.79 Å². The largest absolute Gasteiger partial charge is 0.345 e. The molecule has 1 amide bonds. The zero-order valence-electron chi connectivity index (χ0n) is 11.6. The number of rotatable bonds is 2. The van der Waals surface area contributed by atoms with Crippen LogP contribution in [0.15, 0.2) is 52.4 Å². The van der Waals surface area contributed by atoms with Gasteiger partial charge in [0.15, 0.2) is 5.17 Å². The van der Waals surface area contributed by atoms with Crippen LogP contribution < -0.4 is 4.90 Å². The fourth-order valence-corrected chi connectivity index (χ4v) is 4.58. The molecule has 2 aliphatic heterocycles. The smallest absolute Gasteiger partial charge is 0.268 e. The molecule has 21 heavy (non-hydrogen) atoms. The molecule has 3 rings (SSSR count). The Hall–Kier alpha value is -1.66. The second kappa shape index (κ2) is 5.61. The van der Waals surface area contributed by atoms with Gasteiger partial charge in [-0.25, -0.2) is 0 Å². The highest BCUT2D eigenvalue weighted by atomic mass is 32.2. The summed E-state index contributed by atoms with van der Waals surface area (Å²) in [4.78, 5) is 17.9. The predicted octanol–water partition coefficient (Wildman–Crippen LogP) is 3.14. The second-order valence-electron chi connectivity index (χ2n) is 4.70. The summed E-state index contributed by atoms with van der Waals surface area (Å²) >= 11 is 2.97. The van der Waals surface area contributed by atoms with E-state index in [1.807, 2.05) is 19.2 Å². The van der Waals surface area contributed by atoms with Crippen LogP contribution in [0.5, 0.6) is 0 Å². The first kappa shape index (κ1) is 14.3. The Bertz CT molecular complexity index is 669. The van der Waals surface area contributed by atoms with Gasteiger partial charge in [-0.15, -0.1) is 18.3 Å². The molecule has 0 atom stereocenters. The summed E-state index contributed by atoms with van der Waals surface area (Å²) in [6, 6.07) is 8.17. The SMILES string of the molecule is C=CCN1C(=N)SC(=C2CSc3ccccc3N2C)C1=O. The first-order valence-corrected chi connectivity index (χ1v) is 8.31. The van der Waals surface area contributed by atoms with Crippen molar-refractivity contribution in [2.45, 2.75) is 4.90 Å². The number of para-hydroxylation sites is 1. The molecule has 0 aliphatic carbocycles. The van der Waals surface area contributed by atoms with Crippen molar-refractivity contribution in [1.29, 1.82) is 5.41 Å². The number of nitrogens with zero attached hydrogens (tertiary/aromatic N) is 2. The number of amides is 1. The average molecular weight is 317 g/mol. The summed E-state index contributed by atoms with van der Waals surface area (Å²) in [6.45, 7) is 4.03. The Morgan fingerprint density at radius 2 is 2.19 bits per heavy atom. The van der Waals surface area contributed by atoms with Crippen molar-refractivity contribution in [3.63, 3.8) is 0 Å². The van der Waals surface area contributed by atoms with Gasteiger partial charge in [-0.1, -0.05) is 18.2 Å². The number of carbonyl (C=O) groups is 1. The lowest BCUT2D eigenvalue weighted by Crippen LogP contribution is -2.30. The number of benzene rings is 1. The summed E-state index contributed by atoms with van der Waals surface area (Å²) in [6.07, 6.45) is 1.65. The molecule has 0 spiro atoms. The van der Waals surface area contributed by atoms with Crippen molar-refractivity contribution in [3.8, 4) is 0 Å². The molecule has 0 bridgehead atoms. The highest BCUT2D eigenvalue weighted by Crippen LogP contribution is 2.42. The van der Waals surface area contributed by atoms with Gasteiger partial charge in [0.25, 0.3) is 5.91 Å². The van der Waals surface area contributed by atoms with Gasteiger partial charge in [0.2, 0.25) is 0 Å². The summed E-state index contributed by atoms with van der Waals surface area (Å²) in [7, 11) is 1.98. The van der Waals surface area contributed by atoms with Crippen molar-refractivity contribution >= 4 is 40.3 Å². The standard InChI is InChI=1S/C15H15N3OS2/c1-3-8-18-14(19)13(21-15(18)16)11-9-20-12-7-5-4-6-10(12)17(11)2/h3-7,16H,1,8-9H2,2H3. The molecule has 108 valence electrons. The van der Waals surface area contributed by atoms with E-state index in [-0.39, 0.29) is 11.1 Å². The van der Waals surface area contributed by atoms with E-state index in [0.717, 1.165) is 17.1 Å². The molecular weight excluding hydrogens is 302 g/mol. The van der Waals surface area contributed by atoms with Crippen LogP contribution in [0.2, 0.25) is 0 Å². The first-order chi connectivity index (χ1) is 10.1. The molecule has 0 saturated carbocycles. The predicted molar refractivity (Wildman–Crippen MR) is 89.8 cm³/mol. The Morgan fingerprint density at radius 3 is 2.95 bits per heavy atom. The minimum Gasteiger partial charge on any atom is -0.345 e. The van der Waals surface area contributed by atoms with E-state index in [9.17, 15) is 4.79 Å². The Morgan fingerprint density at radius 1 is 1.43 bits per heavy atom. The molecule has 0 aromatic heterocycles. The second-order valence-corrected chi connectivity index (χ2v) is 6.72. The van der Waals surface area contributed by atoms with E-state index in [1.165, 1.54) is 21.6 Å². The molecular formula is C15H15N3OS2. The molecule has 0 radical (unpaired) electrons. The lowest BCUT2D eigenvalue weighted by molar-refractivity contribution is -0.122. The van der Waals surface area contributed by atoms with Crippen LogP contribution >= 0.6 is 23.5 Å². The maximum Gasteiger partial charge on any atom is 0.268 e. The Balaban J connectivity index is 1.99. The zero-order chi connectivity index (χ0) is 15.0. The molecule has 1 aromatic rings. The maximum atomic E-state index is 12.5. The number of nitrogens with one attached hydrogen (secondary N) is 1. The van der Waals surface area contributed by atoms with Crippen LogP contribution in [0.1, 0.15) is 0 Å². The minimum atomic E-state index is -0.0910. The van der Waals surface area contributed by atoms with E-state index >= 15 is 0 Å². The van der Waals surface area contributed by atoms with Gasteiger partial charge in [0.1, 0.15) is 4.91 Å². The summed E-state index contributed by atoms with van der Waals surface area (Å²) in [5.74, 6) is 0.656. The van der Waals surface area contributed by atoms with Crippen LogP contribution in [-0.4, -0.2) is 35.3 Å². The quantitative estimate of drug-likeness (QED) is 0.672. The number of fused-ring (bicyclic) bond motifs is 1. The fourth-order valence-electron chi connectivity index (χ4n) is 2.35. The summed E-state index contributed by atoms with van der Waals surface area (Å²) in [5, 5.41) is 8.24. The lowest BCUT2D eigenvalue weighted by Gasteiger charge is -2.30. The van der Waals surface area contributed by atoms with Gasteiger partial charge in [-0.2, -0.15) is 0 Å². The molecule has 0 unspecified atom stereocenters. The third kappa shape index (κ3) is 2.38. The average Bonchev–Trinajstić information content (AvgIpc) is 2.76. The third-order valence-corrected chi connectivity index (χ3v) is 5.56. The fraction of sp³-hybridized carbons (Fsp3) is 0.200. The number of thioether (sulfide) groups is 2. The van der Waals surface area contributed by atoms with E-state index in [1.54, 1.807) is 17.8 Å². The number of carbonyl (C=O) groups excluding carboxylic acids is 1. The molecule has 2 aliphatic rings. The van der Waals surface area contributed by atoms with Crippen molar-refractivity contribution in [2.75, 3.05) is 24.2 Å². The van der Waals surface area contributed by atoms with Gasteiger partial charge in [0.05, 0.1) is 5.69 Å². The topological polar surface area (TPSA) is 47.4 Å². The summed E-state index contributed by atoms with van der Waals surface area (Å²) in [5.41, 5.74) is 2.09. The van der Waals surface area contributed by atoms with Gasteiger partial charge in [0, 0.05) is 29.9 Å². The highest BCUT2D eigenvalue weighted by molar-refractivity contribution is 8.18. The van der Waals surface area contributed by atoms with Crippen molar-refractivity contribution in [1.82, 2.24) is 4.90 Å². The van der Waals surface area contributed by atoms with Gasteiger partial charge in [-0.05, 0) is 23.9 Å². The zero-order valence-corrected chi connectivity index (χ0v) is 13.3. The molecule has 6 heteroatoms. The maximum absolute atomic E-state index is 12.5. The molecule has 1 saturated heterocycles. The first-order valence-electron chi connectivity index (χ1n) is 6.51. The minimum absolute atomic E-state index is 0.0910. The normalized spacial score (nSPS) is 21.8. The molecule has 4 nitrogen and oxygen atoms in total. The third-order valence-electron chi connectivity index (χ3n) is 3.45. The van der Waals surface area contributed by atoms with Crippen LogP contribution in [0.25, 0.3) is 0 Å². The Labute approximate surface area is 132 Å². The lowest BCUT2D eigenvalue weighted by atomic mass is 10.2. The van der Waals surface area contributed by atoms with Crippen LogP contribution in [-0.2, 0) is 4.79 Å². The highest BCUT2D eigenvalue weighted by Gasteiger charge is 2.36. The molecule has 1 aromatic carbocycles. The number of hydrogen-bond acceptors (Lipinski definition) is 5. The van der Waals surface area contributed by atoms with E-state index in [0.29, 0.717) is 11.4 Å². The van der Waals surface area contributed by atoms with E-state index in [2.05, 4.69) is 23.6 Å². The number of amidine groups is 1. The van der Waals surface area contributed by atoms with Crippen molar-refractivity contribution in [3.05, 3.63) is 47.5 Å². The monoisotopic (exact) mass is 317 g/mol. The molecule has 1 N–H and O–H groups in total. The summed E-state index contributed by atoms with van der Waals surface area (Å²) < 4.78 is 0. The molecule has 1 fully saturated rings. The van der Waals surface area contributed by atoms with Gasteiger partial charge >= 0.3 is 0 Å².